The highest BCUT2D eigenvalue weighted by Crippen LogP contribution is 2.44. The zero-order valence-electron chi connectivity index (χ0n) is 11.2. The summed E-state index contributed by atoms with van der Waals surface area (Å²) in [6.45, 7) is 8.10. The fourth-order valence-electron chi connectivity index (χ4n) is 2.55. The van der Waals surface area contributed by atoms with Gasteiger partial charge in [0.1, 0.15) is 0 Å². The van der Waals surface area contributed by atoms with Crippen LogP contribution in [0, 0.1) is 0 Å². The van der Waals surface area contributed by atoms with Crippen LogP contribution in [0.3, 0.4) is 0 Å². The fraction of sp³-hybridized carbons (Fsp3) is 0.500. The Kier molecular flexibility index (Phi) is 2.31. The normalized spacial score (nSPS) is 31.0. The molecule has 1 fully saturated rings. The molecule has 0 aliphatic carbocycles. The smallest absolute Gasteiger partial charge is 0.195 e. The number of H-pyrrole nitrogens is 1. The molecule has 3 heterocycles. The molecule has 1 aliphatic rings. The highest BCUT2D eigenvalue weighted by molar-refractivity contribution is 5.82. The van der Waals surface area contributed by atoms with E-state index < -0.39 is 5.79 Å². The van der Waals surface area contributed by atoms with E-state index in [0.717, 1.165) is 16.5 Å². The Hall–Kier alpha value is -1.39. The van der Waals surface area contributed by atoms with Gasteiger partial charge in [0.05, 0.1) is 23.4 Å². The second kappa shape index (κ2) is 3.56. The molecule has 0 saturated carbocycles. The zero-order chi connectivity index (χ0) is 13.0. The molecule has 2 aromatic heterocycles. The molecule has 0 amide bonds. The molecule has 4 heteroatoms. The minimum atomic E-state index is -0.738. The zero-order valence-corrected chi connectivity index (χ0v) is 11.2. The third-order valence-electron chi connectivity index (χ3n) is 3.80. The van der Waals surface area contributed by atoms with Gasteiger partial charge in [-0.3, -0.25) is 4.98 Å². The molecule has 0 aromatic carbocycles. The Bertz CT molecular complexity index is 590. The van der Waals surface area contributed by atoms with Gasteiger partial charge in [-0.25, -0.2) is 0 Å². The van der Waals surface area contributed by atoms with Crippen LogP contribution in [-0.4, -0.2) is 21.7 Å². The highest BCUT2D eigenvalue weighted by Gasteiger charge is 2.49. The summed E-state index contributed by atoms with van der Waals surface area (Å²) in [5.74, 6) is -0.738. The topological polar surface area (TPSA) is 47.1 Å². The van der Waals surface area contributed by atoms with Crippen molar-refractivity contribution in [2.24, 2.45) is 0 Å². The van der Waals surface area contributed by atoms with Gasteiger partial charge in [-0.15, -0.1) is 0 Å². The minimum Gasteiger partial charge on any atom is -0.360 e. The first-order valence-corrected chi connectivity index (χ1v) is 6.22. The summed E-state index contributed by atoms with van der Waals surface area (Å²) in [5, 5.41) is 1.09. The lowest BCUT2D eigenvalue weighted by molar-refractivity contribution is -0.178. The van der Waals surface area contributed by atoms with E-state index in [-0.39, 0.29) is 11.7 Å². The average Bonchev–Trinajstić information content (AvgIpc) is 2.81. The van der Waals surface area contributed by atoms with Crippen LogP contribution in [0.5, 0.6) is 0 Å². The maximum Gasteiger partial charge on any atom is 0.195 e. The van der Waals surface area contributed by atoms with Crippen molar-refractivity contribution >= 4 is 10.9 Å². The van der Waals surface area contributed by atoms with Gasteiger partial charge >= 0.3 is 0 Å². The molecule has 18 heavy (non-hydrogen) atoms. The standard InChI is InChI=1S/C14H18N2O2/c1-9-13(2,3)18-14(4,17-9)11-7-15-8-12-10(11)5-6-16-12/h5-9,16H,1-4H3. The molecule has 0 bridgehead atoms. The van der Waals surface area contributed by atoms with Gasteiger partial charge in [-0.05, 0) is 33.8 Å². The molecule has 2 aromatic rings. The van der Waals surface area contributed by atoms with E-state index in [1.165, 1.54) is 0 Å². The van der Waals surface area contributed by atoms with Crippen LogP contribution in [0.1, 0.15) is 33.3 Å². The first-order chi connectivity index (χ1) is 8.42. The Morgan fingerprint density at radius 1 is 1.28 bits per heavy atom. The summed E-state index contributed by atoms with van der Waals surface area (Å²) in [6.07, 6.45) is 5.58. The third kappa shape index (κ3) is 1.56. The van der Waals surface area contributed by atoms with E-state index in [2.05, 4.69) is 9.97 Å². The molecular weight excluding hydrogens is 228 g/mol. The number of fused-ring (bicyclic) bond motifs is 1. The van der Waals surface area contributed by atoms with Crippen molar-refractivity contribution in [3.8, 4) is 0 Å². The van der Waals surface area contributed by atoms with E-state index in [1.807, 2.05) is 52.4 Å². The number of hydrogen-bond acceptors (Lipinski definition) is 3. The SMILES string of the molecule is CC1OC(C)(c2cncc3[nH]ccc23)OC1(C)C. The summed E-state index contributed by atoms with van der Waals surface area (Å²) in [6, 6.07) is 2.03. The van der Waals surface area contributed by atoms with E-state index in [4.69, 9.17) is 9.47 Å². The van der Waals surface area contributed by atoms with Gasteiger partial charge in [-0.1, -0.05) is 0 Å². The summed E-state index contributed by atoms with van der Waals surface area (Å²) in [7, 11) is 0. The van der Waals surface area contributed by atoms with Gasteiger partial charge in [0.25, 0.3) is 0 Å². The number of nitrogens with zero attached hydrogens (tertiary/aromatic N) is 1. The van der Waals surface area contributed by atoms with E-state index in [1.54, 1.807) is 0 Å². The Balaban J connectivity index is 2.13. The number of pyridine rings is 1. The maximum absolute atomic E-state index is 6.14. The molecule has 4 nitrogen and oxygen atoms in total. The lowest BCUT2D eigenvalue weighted by atomic mass is 10.0. The summed E-state index contributed by atoms with van der Waals surface area (Å²) in [5.41, 5.74) is 1.67. The average molecular weight is 246 g/mol. The monoisotopic (exact) mass is 246 g/mol. The van der Waals surface area contributed by atoms with Crippen LogP contribution >= 0.6 is 0 Å². The minimum absolute atomic E-state index is 0.0386. The van der Waals surface area contributed by atoms with Crippen molar-refractivity contribution in [3.05, 3.63) is 30.2 Å². The molecule has 1 aliphatic heterocycles. The summed E-state index contributed by atoms with van der Waals surface area (Å²) in [4.78, 5) is 7.42. The molecular formula is C14H18N2O2. The Morgan fingerprint density at radius 2 is 2.06 bits per heavy atom. The molecule has 0 spiro atoms. The van der Waals surface area contributed by atoms with E-state index in [9.17, 15) is 0 Å². The van der Waals surface area contributed by atoms with Gasteiger partial charge in [0, 0.05) is 23.3 Å². The predicted octanol–water partition coefficient (Wildman–Crippen LogP) is 2.95. The van der Waals surface area contributed by atoms with E-state index in [0.29, 0.717) is 0 Å². The first-order valence-electron chi connectivity index (χ1n) is 6.22. The van der Waals surface area contributed by atoms with Gasteiger partial charge in [-0.2, -0.15) is 0 Å². The third-order valence-corrected chi connectivity index (χ3v) is 3.80. The Morgan fingerprint density at radius 3 is 2.72 bits per heavy atom. The predicted molar refractivity (Wildman–Crippen MR) is 69.2 cm³/mol. The molecule has 1 N–H and O–H groups in total. The van der Waals surface area contributed by atoms with Crippen molar-refractivity contribution < 1.29 is 9.47 Å². The number of hydrogen-bond donors (Lipinski definition) is 1. The summed E-state index contributed by atoms with van der Waals surface area (Å²) < 4.78 is 12.2. The lowest BCUT2D eigenvalue weighted by Crippen LogP contribution is -2.31. The van der Waals surface area contributed by atoms with Crippen molar-refractivity contribution in [3.63, 3.8) is 0 Å². The maximum atomic E-state index is 6.14. The number of ether oxygens (including phenoxy) is 2. The summed E-state index contributed by atoms with van der Waals surface area (Å²) >= 11 is 0. The molecule has 3 rings (SSSR count). The van der Waals surface area contributed by atoms with Crippen LogP contribution in [0.2, 0.25) is 0 Å². The van der Waals surface area contributed by atoms with Crippen LogP contribution in [0.15, 0.2) is 24.7 Å². The van der Waals surface area contributed by atoms with Crippen LogP contribution in [-0.2, 0) is 15.3 Å². The Labute approximate surface area is 106 Å². The van der Waals surface area contributed by atoms with Crippen LogP contribution in [0.25, 0.3) is 10.9 Å². The second-order valence-corrected chi connectivity index (χ2v) is 5.54. The molecule has 96 valence electrons. The number of nitrogens with one attached hydrogen (secondary N) is 1. The molecule has 2 atom stereocenters. The number of aromatic amines is 1. The molecule has 1 saturated heterocycles. The van der Waals surface area contributed by atoms with Crippen LogP contribution in [0.4, 0.5) is 0 Å². The van der Waals surface area contributed by atoms with Crippen molar-refractivity contribution in [2.45, 2.75) is 45.2 Å². The van der Waals surface area contributed by atoms with Gasteiger partial charge in [0.15, 0.2) is 5.79 Å². The lowest BCUT2D eigenvalue weighted by Gasteiger charge is -2.26. The van der Waals surface area contributed by atoms with E-state index >= 15 is 0 Å². The highest BCUT2D eigenvalue weighted by atomic mass is 16.8. The van der Waals surface area contributed by atoms with Gasteiger partial charge < -0.3 is 14.5 Å². The van der Waals surface area contributed by atoms with Crippen molar-refractivity contribution in [1.29, 1.82) is 0 Å². The first kappa shape index (κ1) is 11.7. The number of rotatable bonds is 1. The quantitative estimate of drug-likeness (QED) is 0.841. The van der Waals surface area contributed by atoms with Gasteiger partial charge in [0.2, 0.25) is 0 Å². The fourth-order valence-corrected chi connectivity index (χ4v) is 2.55. The largest absolute Gasteiger partial charge is 0.360 e. The number of aromatic nitrogens is 2. The van der Waals surface area contributed by atoms with Crippen molar-refractivity contribution in [1.82, 2.24) is 9.97 Å². The van der Waals surface area contributed by atoms with Crippen molar-refractivity contribution in [2.75, 3.05) is 0 Å². The second-order valence-electron chi connectivity index (χ2n) is 5.54. The molecule has 2 unspecified atom stereocenters. The van der Waals surface area contributed by atoms with Crippen LogP contribution < -0.4 is 0 Å². The molecule has 0 radical (unpaired) electrons.